The number of methoxy groups -OCH3 is 1. The zero-order chi connectivity index (χ0) is 19.1. The molecule has 0 aliphatic heterocycles. The number of hydrogen-bond acceptors (Lipinski definition) is 4. The molecule has 2 aromatic rings. The Morgan fingerprint density at radius 3 is 2.69 bits per heavy atom. The summed E-state index contributed by atoms with van der Waals surface area (Å²) in [6.45, 7) is 4.64. The van der Waals surface area contributed by atoms with Crippen molar-refractivity contribution in [3.05, 3.63) is 58.3 Å². The molecule has 0 spiro atoms. The van der Waals surface area contributed by atoms with Gasteiger partial charge in [-0.2, -0.15) is 0 Å². The number of aryl methyl sites for hydroxylation is 2. The number of halogens is 1. The number of benzene rings is 1. The van der Waals surface area contributed by atoms with Crippen LogP contribution in [0.3, 0.4) is 0 Å². The van der Waals surface area contributed by atoms with Crippen molar-refractivity contribution in [2.45, 2.75) is 26.8 Å². The van der Waals surface area contributed by atoms with Crippen LogP contribution in [0, 0.1) is 19.7 Å². The molecule has 0 unspecified atom stereocenters. The number of carbonyl (C=O) groups excluding carboxylic acids is 1. The van der Waals surface area contributed by atoms with E-state index in [0.717, 1.165) is 17.5 Å². The molecule has 0 atom stereocenters. The van der Waals surface area contributed by atoms with E-state index in [-0.39, 0.29) is 5.82 Å². The molecule has 0 aliphatic rings. The third-order valence-electron chi connectivity index (χ3n) is 4.02. The predicted octanol–water partition coefficient (Wildman–Crippen LogP) is 2.73. The molecule has 6 nitrogen and oxygen atoms in total. The largest absolute Gasteiger partial charge is 0.465 e. The Balaban J connectivity index is 1.85. The van der Waals surface area contributed by atoms with E-state index in [9.17, 15) is 9.18 Å². The van der Waals surface area contributed by atoms with Gasteiger partial charge in [-0.3, -0.25) is 4.99 Å². The molecule has 0 amide bonds. The molecule has 0 saturated heterocycles. The lowest BCUT2D eigenvalue weighted by Crippen LogP contribution is -2.37. The van der Waals surface area contributed by atoms with Crippen LogP contribution in [-0.2, 0) is 17.7 Å². The Bertz CT molecular complexity index is 799. The SMILES string of the molecule is CN=C(NCCc1ccc(F)cc1C)NCc1cc(C(=O)OC)c(C)o1. The minimum atomic E-state index is -0.422. The molecular weight excluding hydrogens is 337 g/mol. The molecule has 1 aromatic carbocycles. The van der Waals surface area contributed by atoms with Gasteiger partial charge in [-0.15, -0.1) is 0 Å². The Labute approximate surface area is 152 Å². The van der Waals surface area contributed by atoms with Gasteiger partial charge in [0.05, 0.1) is 13.7 Å². The zero-order valence-corrected chi connectivity index (χ0v) is 15.5. The van der Waals surface area contributed by atoms with Crippen LogP contribution in [0.25, 0.3) is 0 Å². The highest BCUT2D eigenvalue weighted by molar-refractivity contribution is 5.90. The molecule has 26 heavy (non-hydrogen) atoms. The van der Waals surface area contributed by atoms with Gasteiger partial charge in [0.2, 0.25) is 0 Å². The lowest BCUT2D eigenvalue weighted by atomic mass is 10.1. The quantitative estimate of drug-likeness (QED) is 0.470. The number of ether oxygens (including phenoxy) is 1. The number of aliphatic imine (C=N–C) groups is 1. The van der Waals surface area contributed by atoms with Gasteiger partial charge < -0.3 is 19.8 Å². The van der Waals surface area contributed by atoms with Gasteiger partial charge in [0.15, 0.2) is 5.96 Å². The van der Waals surface area contributed by atoms with E-state index >= 15 is 0 Å². The number of rotatable bonds is 6. The van der Waals surface area contributed by atoms with Crippen LogP contribution in [0.5, 0.6) is 0 Å². The van der Waals surface area contributed by atoms with E-state index in [1.54, 1.807) is 26.1 Å². The average Bonchev–Trinajstić information content (AvgIpc) is 2.99. The fraction of sp³-hybridized carbons (Fsp3) is 0.368. The second-order valence-electron chi connectivity index (χ2n) is 5.85. The van der Waals surface area contributed by atoms with E-state index < -0.39 is 5.97 Å². The molecule has 140 valence electrons. The van der Waals surface area contributed by atoms with Gasteiger partial charge >= 0.3 is 5.97 Å². The molecule has 0 fully saturated rings. The summed E-state index contributed by atoms with van der Waals surface area (Å²) in [7, 11) is 3.01. The molecule has 2 N–H and O–H groups in total. The van der Waals surface area contributed by atoms with Crippen molar-refractivity contribution in [2.75, 3.05) is 20.7 Å². The summed E-state index contributed by atoms with van der Waals surface area (Å²) < 4.78 is 23.4. The van der Waals surface area contributed by atoms with Crippen LogP contribution in [-0.4, -0.2) is 32.6 Å². The first kappa shape index (κ1) is 19.5. The summed E-state index contributed by atoms with van der Waals surface area (Å²) >= 11 is 0. The number of hydrogen-bond donors (Lipinski definition) is 2. The molecule has 1 aromatic heterocycles. The Morgan fingerprint density at radius 2 is 2.04 bits per heavy atom. The van der Waals surface area contributed by atoms with Crippen LogP contribution in [0.15, 0.2) is 33.7 Å². The third kappa shape index (κ3) is 5.08. The van der Waals surface area contributed by atoms with Gasteiger partial charge in [0.25, 0.3) is 0 Å². The van der Waals surface area contributed by atoms with Crippen molar-refractivity contribution in [1.82, 2.24) is 10.6 Å². The third-order valence-corrected chi connectivity index (χ3v) is 4.02. The molecular formula is C19H24FN3O3. The first-order valence-electron chi connectivity index (χ1n) is 8.31. The number of nitrogens with one attached hydrogen (secondary N) is 2. The number of carbonyl (C=O) groups is 1. The summed E-state index contributed by atoms with van der Waals surface area (Å²) in [5.41, 5.74) is 2.42. The minimum Gasteiger partial charge on any atom is -0.465 e. The molecule has 1 heterocycles. The highest BCUT2D eigenvalue weighted by atomic mass is 19.1. The average molecular weight is 361 g/mol. The van der Waals surface area contributed by atoms with E-state index in [1.807, 2.05) is 6.92 Å². The van der Waals surface area contributed by atoms with Crippen molar-refractivity contribution in [2.24, 2.45) is 4.99 Å². The summed E-state index contributed by atoms with van der Waals surface area (Å²) in [6.07, 6.45) is 0.749. The van der Waals surface area contributed by atoms with Crippen LogP contribution in [0.2, 0.25) is 0 Å². The number of nitrogens with zero attached hydrogens (tertiary/aromatic N) is 1. The van der Waals surface area contributed by atoms with Crippen molar-refractivity contribution >= 4 is 11.9 Å². The molecule has 2 rings (SSSR count). The highest BCUT2D eigenvalue weighted by Gasteiger charge is 2.15. The smallest absolute Gasteiger partial charge is 0.341 e. The summed E-state index contributed by atoms with van der Waals surface area (Å²) in [4.78, 5) is 15.8. The lowest BCUT2D eigenvalue weighted by molar-refractivity contribution is 0.0599. The highest BCUT2D eigenvalue weighted by Crippen LogP contribution is 2.15. The molecule has 0 radical (unpaired) electrons. The maximum atomic E-state index is 13.1. The molecule has 7 heteroatoms. The lowest BCUT2D eigenvalue weighted by Gasteiger charge is -2.12. The second kappa shape index (κ2) is 9.03. The predicted molar refractivity (Wildman–Crippen MR) is 97.8 cm³/mol. The first-order valence-corrected chi connectivity index (χ1v) is 8.31. The Kier molecular flexibility index (Phi) is 6.77. The Morgan fingerprint density at radius 1 is 1.27 bits per heavy atom. The molecule has 0 aliphatic carbocycles. The summed E-state index contributed by atoms with van der Waals surface area (Å²) in [5.74, 6) is 1.09. The van der Waals surface area contributed by atoms with Crippen LogP contribution < -0.4 is 10.6 Å². The minimum absolute atomic E-state index is 0.225. The van der Waals surface area contributed by atoms with Gasteiger partial charge in [-0.1, -0.05) is 6.07 Å². The van der Waals surface area contributed by atoms with Crippen LogP contribution >= 0.6 is 0 Å². The second-order valence-corrected chi connectivity index (χ2v) is 5.85. The molecule has 0 saturated carbocycles. The van der Waals surface area contributed by atoms with Crippen molar-refractivity contribution < 1.29 is 18.3 Å². The zero-order valence-electron chi connectivity index (χ0n) is 15.5. The maximum Gasteiger partial charge on any atom is 0.341 e. The van der Waals surface area contributed by atoms with E-state index in [4.69, 9.17) is 9.15 Å². The number of furan rings is 1. The van der Waals surface area contributed by atoms with E-state index in [1.165, 1.54) is 19.2 Å². The van der Waals surface area contributed by atoms with Gasteiger partial charge in [-0.25, -0.2) is 9.18 Å². The van der Waals surface area contributed by atoms with Crippen molar-refractivity contribution in [3.8, 4) is 0 Å². The van der Waals surface area contributed by atoms with E-state index in [2.05, 4.69) is 15.6 Å². The first-order chi connectivity index (χ1) is 12.4. The van der Waals surface area contributed by atoms with Gasteiger partial charge in [-0.05, 0) is 49.6 Å². The monoisotopic (exact) mass is 361 g/mol. The number of guanidine groups is 1. The molecule has 0 bridgehead atoms. The van der Waals surface area contributed by atoms with Crippen molar-refractivity contribution in [3.63, 3.8) is 0 Å². The van der Waals surface area contributed by atoms with Crippen LogP contribution in [0.4, 0.5) is 4.39 Å². The maximum absolute atomic E-state index is 13.1. The fourth-order valence-corrected chi connectivity index (χ4v) is 2.59. The standard InChI is InChI=1S/C19H24FN3O3/c1-12-9-15(20)6-5-14(12)7-8-22-19(21-3)23-11-16-10-17(13(2)26-16)18(24)25-4/h5-6,9-10H,7-8,11H2,1-4H3,(H2,21,22,23). The van der Waals surface area contributed by atoms with Crippen molar-refractivity contribution in [1.29, 1.82) is 0 Å². The normalized spacial score (nSPS) is 11.3. The van der Waals surface area contributed by atoms with E-state index in [0.29, 0.717) is 36.1 Å². The fourth-order valence-electron chi connectivity index (χ4n) is 2.59. The van der Waals surface area contributed by atoms with Crippen LogP contribution in [0.1, 0.15) is 33.0 Å². The summed E-state index contributed by atoms with van der Waals surface area (Å²) in [5, 5.41) is 6.32. The van der Waals surface area contributed by atoms with Gasteiger partial charge in [0.1, 0.15) is 22.9 Å². The topological polar surface area (TPSA) is 75.9 Å². The Hall–Kier alpha value is -2.83. The number of esters is 1. The summed E-state index contributed by atoms with van der Waals surface area (Å²) in [6, 6.07) is 6.44. The van der Waals surface area contributed by atoms with Gasteiger partial charge in [0, 0.05) is 13.6 Å².